The summed E-state index contributed by atoms with van der Waals surface area (Å²) >= 11 is 1.38. The van der Waals surface area contributed by atoms with E-state index in [0.29, 0.717) is 5.13 Å². The molecule has 2 heterocycles. The molecule has 0 bridgehead atoms. The van der Waals surface area contributed by atoms with Crippen LogP contribution in [-0.4, -0.2) is 16.0 Å². The third-order valence-corrected chi connectivity index (χ3v) is 2.90. The molecule has 0 spiro atoms. The first-order chi connectivity index (χ1) is 8.25. The lowest BCUT2D eigenvalue weighted by atomic mass is 10.1. The van der Waals surface area contributed by atoms with Gasteiger partial charge in [-0.15, -0.1) is 11.3 Å². The number of urea groups is 1. The molecule has 0 fully saturated rings. The number of thiazole rings is 1. The van der Waals surface area contributed by atoms with E-state index in [0.717, 1.165) is 5.56 Å². The van der Waals surface area contributed by atoms with Crippen molar-refractivity contribution in [1.29, 1.82) is 0 Å². The van der Waals surface area contributed by atoms with Gasteiger partial charge >= 0.3 is 6.03 Å². The van der Waals surface area contributed by atoms with Gasteiger partial charge in [0.2, 0.25) is 0 Å². The van der Waals surface area contributed by atoms with Gasteiger partial charge in [-0.3, -0.25) is 10.3 Å². The summed E-state index contributed by atoms with van der Waals surface area (Å²) in [4.78, 5) is 19.5. The molecule has 5 nitrogen and oxygen atoms in total. The number of aromatic nitrogens is 2. The normalized spacial score (nSPS) is 11.8. The van der Waals surface area contributed by atoms with Crippen molar-refractivity contribution in [3.05, 3.63) is 41.7 Å². The second kappa shape index (κ2) is 5.40. The fraction of sp³-hybridized carbons (Fsp3) is 0.182. The van der Waals surface area contributed by atoms with Gasteiger partial charge in [0.25, 0.3) is 0 Å². The summed E-state index contributed by atoms with van der Waals surface area (Å²) in [6.07, 6.45) is 5.05. The Morgan fingerprint density at radius 2 is 2.12 bits per heavy atom. The van der Waals surface area contributed by atoms with Crippen molar-refractivity contribution in [3.63, 3.8) is 0 Å². The molecule has 0 aromatic carbocycles. The molecule has 2 rings (SSSR count). The summed E-state index contributed by atoms with van der Waals surface area (Å²) in [5, 5.41) is 7.88. The Morgan fingerprint density at radius 1 is 1.35 bits per heavy atom. The highest BCUT2D eigenvalue weighted by molar-refractivity contribution is 7.13. The smallest absolute Gasteiger partial charge is 0.321 e. The number of anilines is 1. The van der Waals surface area contributed by atoms with Gasteiger partial charge in [0.1, 0.15) is 0 Å². The van der Waals surface area contributed by atoms with Crippen LogP contribution in [0, 0.1) is 0 Å². The SMILES string of the molecule is C[C@H](NC(=O)Nc1nccs1)c1ccncc1. The van der Waals surface area contributed by atoms with E-state index in [4.69, 9.17) is 0 Å². The molecule has 0 saturated heterocycles. The first-order valence-electron chi connectivity index (χ1n) is 5.12. The Bertz CT molecular complexity index is 471. The molecule has 88 valence electrons. The monoisotopic (exact) mass is 248 g/mol. The fourth-order valence-corrected chi connectivity index (χ4v) is 1.87. The average Bonchev–Trinajstić information content (AvgIpc) is 2.82. The van der Waals surface area contributed by atoms with Gasteiger partial charge in [0.15, 0.2) is 5.13 Å². The van der Waals surface area contributed by atoms with Crippen molar-refractivity contribution in [3.8, 4) is 0 Å². The number of rotatable bonds is 3. The molecule has 6 heteroatoms. The van der Waals surface area contributed by atoms with Crippen molar-refractivity contribution < 1.29 is 4.79 Å². The average molecular weight is 248 g/mol. The summed E-state index contributed by atoms with van der Waals surface area (Å²) in [5.41, 5.74) is 1.01. The van der Waals surface area contributed by atoms with Crippen LogP contribution in [0.2, 0.25) is 0 Å². The first-order valence-corrected chi connectivity index (χ1v) is 6.00. The Morgan fingerprint density at radius 3 is 2.76 bits per heavy atom. The Labute approximate surface area is 103 Å². The molecular weight excluding hydrogens is 236 g/mol. The van der Waals surface area contributed by atoms with Gasteiger partial charge in [-0.2, -0.15) is 0 Å². The minimum absolute atomic E-state index is 0.0713. The third-order valence-electron chi connectivity index (χ3n) is 2.21. The van der Waals surface area contributed by atoms with E-state index in [1.807, 2.05) is 24.4 Å². The largest absolute Gasteiger partial charge is 0.331 e. The molecule has 2 N–H and O–H groups in total. The summed E-state index contributed by atoms with van der Waals surface area (Å²) in [6, 6.07) is 3.41. The number of nitrogens with zero attached hydrogens (tertiary/aromatic N) is 2. The van der Waals surface area contributed by atoms with Gasteiger partial charge in [-0.05, 0) is 24.6 Å². The lowest BCUT2D eigenvalue weighted by Crippen LogP contribution is -2.31. The lowest BCUT2D eigenvalue weighted by molar-refractivity contribution is 0.249. The molecule has 2 aromatic heterocycles. The molecule has 2 amide bonds. The topological polar surface area (TPSA) is 66.9 Å². The minimum Gasteiger partial charge on any atom is -0.331 e. The number of amides is 2. The molecule has 0 aliphatic carbocycles. The van der Waals surface area contributed by atoms with E-state index in [-0.39, 0.29) is 12.1 Å². The number of nitrogens with one attached hydrogen (secondary N) is 2. The predicted octanol–water partition coefficient (Wildman–Crippen LogP) is 2.42. The van der Waals surface area contributed by atoms with Gasteiger partial charge in [-0.25, -0.2) is 9.78 Å². The Hall–Kier alpha value is -1.95. The van der Waals surface area contributed by atoms with Gasteiger partial charge < -0.3 is 5.32 Å². The second-order valence-electron chi connectivity index (χ2n) is 3.44. The van der Waals surface area contributed by atoms with Crippen LogP contribution in [0.5, 0.6) is 0 Å². The second-order valence-corrected chi connectivity index (χ2v) is 4.33. The molecule has 17 heavy (non-hydrogen) atoms. The molecule has 2 aromatic rings. The number of hydrogen-bond donors (Lipinski definition) is 2. The molecule has 0 saturated carbocycles. The zero-order valence-corrected chi connectivity index (χ0v) is 10.1. The minimum atomic E-state index is -0.260. The van der Waals surface area contributed by atoms with Crippen LogP contribution in [0.1, 0.15) is 18.5 Å². The maximum Gasteiger partial charge on any atom is 0.321 e. The van der Waals surface area contributed by atoms with E-state index in [2.05, 4.69) is 20.6 Å². The van der Waals surface area contributed by atoms with Crippen LogP contribution >= 0.6 is 11.3 Å². The van der Waals surface area contributed by atoms with Crippen LogP contribution in [0.25, 0.3) is 0 Å². The van der Waals surface area contributed by atoms with E-state index < -0.39 is 0 Å². The van der Waals surface area contributed by atoms with E-state index in [9.17, 15) is 4.79 Å². The highest BCUT2D eigenvalue weighted by atomic mass is 32.1. The van der Waals surface area contributed by atoms with Crippen molar-refractivity contribution in [2.24, 2.45) is 0 Å². The molecule has 0 aliphatic heterocycles. The summed E-state index contributed by atoms with van der Waals surface area (Å²) in [5.74, 6) is 0. The van der Waals surface area contributed by atoms with E-state index in [1.54, 1.807) is 18.6 Å². The standard InChI is InChI=1S/C11H12N4OS/c1-8(9-2-4-12-5-3-9)14-10(16)15-11-13-6-7-17-11/h2-8H,1H3,(H2,13,14,15,16)/t8-/m0/s1. The highest BCUT2D eigenvalue weighted by Crippen LogP contribution is 2.12. The zero-order valence-electron chi connectivity index (χ0n) is 9.25. The molecule has 0 aliphatic rings. The van der Waals surface area contributed by atoms with Crippen molar-refractivity contribution >= 4 is 22.5 Å². The first kappa shape index (κ1) is 11.5. The third kappa shape index (κ3) is 3.25. The lowest BCUT2D eigenvalue weighted by Gasteiger charge is -2.13. The van der Waals surface area contributed by atoms with Gasteiger partial charge in [0, 0.05) is 24.0 Å². The van der Waals surface area contributed by atoms with Crippen LogP contribution in [0.4, 0.5) is 9.93 Å². The van der Waals surface area contributed by atoms with Gasteiger partial charge in [-0.1, -0.05) is 0 Å². The highest BCUT2D eigenvalue weighted by Gasteiger charge is 2.09. The zero-order chi connectivity index (χ0) is 12.1. The number of carbonyl (C=O) groups excluding carboxylic acids is 1. The molecule has 0 radical (unpaired) electrons. The molecule has 1 atom stereocenters. The Kier molecular flexibility index (Phi) is 3.66. The molecular formula is C11H12N4OS. The van der Waals surface area contributed by atoms with Crippen molar-refractivity contribution in [1.82, 2.24) is 15.3 Å². The summed E-state index contributed by atoms with van der Waals surface area (Å²) in [6.45, 7) is 1.91. The van der Waals surface area contributed by atoms with Crippen LogP contribution in [-0.2, 0) is 0 Å². The molecule has 0 unspecified atom stereocenters. The summed E-state index contributed by atoms with van der Waals surface area (Å²) < 4.78 is 0. The quantitative estimate of drug-likeness (QED) is 0.876. The van der Waals surface area contributed by atoms with Crippen LogP contribution in [0.15, 0.2) is 36.1 Å². The maximum atomic E-state index is 11.6. The van der Waals surface area contributed by atoms with Gasteiger partial charge in [0.05, 0.1) is 6.04 Å². The summed E-state index contributed by atoms with van der Waals surface area (Å²) in [7, 11) is 0. The van der Waals surface area contributed by atoms with Crippen molar-refractivity contribution in [2.75, 3.05) is 5.32 Å². The predicted molar refractivity (Wildman–Crippen MR) is 66.9 cm³/mol. The number of carbonyl (C=O) groups is 1. The fourth-order valence-electron chi connectivity index (χ4n) is 1.35. The van der Waals surface area contributed by atoms with E-state index >= 15 is 0 Å². The Balaban J connectivity index is 1.91. The number of hydrogen-bond acceptors (Lipinski definition) is 4. The van der Waals surface area contributed by atoms with E-state index in [1.165, 1.54) is 11.3 Å². The maximum absolute atomic E-state index is 11.6. The van der Waals surface area contributed by atoms with Crippen LogP contribution < -0.4 is 10.6 Å². The van der Waals surface area contributed by atoms with Crippen LogP contribution in [0.3, 0.4) is 0 Å². The number of pyridine rings is 1. The van der Waals surface area contributed by atoms with Crippen molar-refractivity contribution in [2.45, 2.75) is 13.0 Å².